The van der Waals surface area contributed by atoms with Crippen LogP contribution in [0.15, 0.2) is 0 Å². The van der Waals surface area contributed by atoms with Crippen molar-refractivity contribution in [3.8, 4) is 0 Å². The third kappa shape index (κ3) is 2.22. The molecule has 1 aliphatic rings. The van der Waals surface area contributed by atoms with Crippen LogP contribution in [0, 0.1) is 0 Å². The van der Waals surface area contributed by atoms with Gasteiger partial charge in [-0.25, -0.2) is 0 Å². The Morgan fingerprint density at radius 2 is 1.78 bits per heavy atom. The Balaban J connectivity index is 2.23. The molecule has 0 bridgehead atoms. The molecule has 1 nitrogen and oxygen atoms in total. The van der Waals surface area contributed by atoms with E-state index in [1.165, 1.54) is 19.3 Å². The monoisotopic (exact) mass is 195 g/mol. The van der Waals surface area contributed by atoms with Crippen molar-refractivity contribution in [1.82, 2.24) is 4.15 Å². The van der Waals surface area contributed by atoms with Gasteiger partial charge in [0, 0.05) is 16.1 Å². The first-order valence-electron chi connectivity index (χ1n) is 3.41. The van der Waals surface area contributed by atoms with Crippen molar-refractivity contribution in [3.05, 3.63) is 0 Å². The standard InChI is InChI=1S/C6H11BrFN/c7-9(8)6-4-2-1-3-5-6/h6H,1-5H2. The minimum Gasteiger partial charge on any atom is -0.122 e. The Bertz CT molecular complexity index is 81.1. The lowest BCUT2D eigenvalue weighted by atomic mass is 9.96. The Kier molecular flexibility index (Phi) is 2.92. The van der Waals surface area contributed by atoms with Gasteiger partial charge < -0.3 is 0 Å². The van der Waals surface area contributed by atoms with Gasteiger partial charge in [0.2, 0.25) is 0 Å². The summed E-state index contributed by atoms with van der Waals surface area (Å²) in [5.41, 5.74) is 0. The number of halogens is 2. The van der Waals surface area contributed by atoms with E-state index in [9.17, 15) is 4.48 Å². The minimum atomic E-state index is 0.138. The third-order valence-corrected chi connectivity index (χ3v) is 2.43. The van der Waals surface area contributed by atoms with Gasteiger partial charge >= 0.3 is 0 Å². The summed E-state index contributed by atoms with van der Waals surface area (Å²) in [6.45, 7) is 0. The van der Waals surface area contributed by atoms with Gasteiger partial charge in [0.05, 0.1) is 6.04 Å². The molecule has 54 valence electrons. The molecule has 0 aliphatic heterocycles. The molecule has 0 N–H and O–H groups in total. The molecule has 0 radical (unpaired) electrons. The van der Waals surface area contributed by atoms with Crippen molar-refractivity contribution in [2.24, 2.45) is 0 Å². The topological polar surface area (TPSA) is 3.24 Å². The number of hydrogen-bond donors (Lipinski definition) is 0. The molecule has 1 fully saturated rings. The van der Waals surface area contributed by atoms with Crippen LogP contribution in [0.4, 0.5) is 4.48 Å². The summed E-state index contributed by atoms with van der Waals surface area (Å²) in [5.74, 6) is 0. The van der Waals surface area contributed by atoms with E-state index in [1.54, 1.807) is 0 Å². The first-order chi connectivity index (χ1) is 4.30. The predicted octanol–water partition coefficient (Wildman–Crippen LogP) is 2.82. The van der Waals surface area contributed by atoms with E-state index in [-0.39, 0.29) is 6.04 Å². The highest BCUT2D eigenvalue weighted by Crippen LogP contribution is 2.24. The number of rotatable bonds is 1. The molecule has 0 aromatic rings. The van der Waals surface area contributed by atoms with E-state index in [4.69, 9.17) is 0 Å². The van der Waals surface area contributed by atoms with Crippen molar-refractivity contribution < 1.29 is 4.48 Å². The molecule has 0 unspecified atom stereocenters. The van der Waals surface area contributed by atoms with E-state index in [0.29, 0.717) is 4.15 Å². The summed E-state index contributed by atoms with van der Waals surface area (Å²) in [6, 6.07) is 0.138. The van der Waals surface area contributed by atoms with E-state index in [0.717, 1.165) is 12.8 Å². The Morgan fingerprint density at radius 3 is 2.11 bits per heavy atom. The molecular weight excluding hydrogens is 185 g/mol. The summed E-state index contributed by atoms with van der Waals surface area (Å²) in [5, 5.41) is 0. The van der Waals surface area contributed by atoms with Crippen LogP contribution in [0.5, 0.6) is 0 Å². The molecule has 0 amide bonds. The summed E-state index contributed by atoms with van der Waals surface area (Å²) < 4.78 is 13.0. The fourth-order valence-corrected chi connectivity index (χ4v) is 1.69. The van der Waals surface area contributed by atoms with E-state index < -0.39 is 0 Å². The lowest BCUT2D eigenvalue weighted by molar-refractivity contribution is 0.0890. The highest BCUT2D eigenvalue weighted by molar-refractivity contribution is 9.07. The van der Waals surface area contributed by atoms with Crippen LogP contribution in [0.25, 0.3) is 0 Å². The summed E-state index contributed by atoms with van der Waals surface area (Å²) >= 11 is 2.80. The average Bonchev–Trinajstić information content (AvgIpc) is 1.90. The molecule has 3 heteroatoms. The van der Waals surface area contributed by atoms with Crippen LogP contribution in [-0.2, 0) is 0 Å². The zero-order valence-corrected chi connectivity index (χ0v) is 6.90. The maximum absolute atomic E-state index is 12.3. The van der Waals surface area contributed by atoms with Gasteiger partial charge in [-0.2, -0.15) is 0 Å². The van der Waals surface area contributed by atoms with Crippen LogP contribution in [-0.4, -0.2) is 10.2 Å². The van der Waals surface area contributed by atoms with Crippen LogP contribution in [0.2, 0.25) is 0 Å². The largest absolute Gasteiger partial charge is 0.122 e. The van der Waals surface area contributed by atoms with Crippen LogP contribution < -0.4 is 0 Å². The zero-order valence-electron chi connectivity index (χ0n) is 5.32. The average molecular weight is 196 g/mol. The first kappa shape index (κ1) is 7.48. The van der Waals surface area contributed by atoms with Gasteiger partial charge in [0.15, 0.2) is 0 Å². The lowest BCUT2D eigenvalue weighted by Gasteiger charge is -2.22. The van der Waals surface area contributed by atoms with Gasteiger partial charge in [-0.05, 0) is 12.8 Å². The second kappa shape index (κ2) is 3.52. The van der Waals surface area contributed by atoms with Crippen molar-refractivity contribution in [2.75, 3.05) is 0 Å². The lowest BCUT2D eigenvalue weighted by Crippen LogP contribution is -2.22. The van der Waals surface area contributed by atoms with Crippen LogP contribution in [0.3, 0.4) is 0 Å². The Hall–Kier alpha value is 0.370. The Labute approximate surface area is 63.5 Å². The summed E-state index contributed by atoms with van der Waals surface area (Å²) in [6.07, 6.45) is 5.63. The van der Waals surface area contributed by atoms with E-state index in [2.05, 4.69) is 16.1 Å². The quantitative estimate of drug-likeness (QED) is 0.583. The highest BCUT2D eigenvalue weighted by atomic mass is 79.9. The van der Waals surface area contributed by atoms with Gasteiger partial charge in [0.1, 0.15) is 0 Å². The van der Waals surface area contributed by atoms with Crippen LogP contribution >= 0.6 is 16.1 Å². The fraction of sp³-hybridized carbons (Fsp3) is 1.00. The Morgan fingerprint density at radius 1 is 1.22 bits per heavy atom. The number of hydrogen-bond acceptors (Lipinski definition) is 1. The molecule has 0 saturated heterocycles. The molecule has 0 heterocycles. The zero-order chi connectivity index (χ0) is 6.69. The van der Waals surface area contributed by atoms with Crippen LogP contribution in [0.1, 0.15) is 32.1 Å². The van der Waals surface area contributed by atoms with Crippen molar-refractivity contribution in [1.29, 1.82) is 0 Å². The fourth-order valence-electron chi connectivity index (χ4n) is 1.28. The third-order valence-electron chi connectivity index (χ3n) is 1.85. The van der Waals surface area contributed by atoms with Gasteiger partial charge in [-0.1, -0.05) is 23.4 Å². The second-order valence-corrected chi connectivity index (χ2v) is 3.23. The van der Waals surface area contributed by atoms with Crippen molar-refractivity contribution in [2.45, 2.75) is 38.1 Å². The molecule has 1 aliphatic carbocycles. The first-order valence-corrected chi connectivity index (χ1v) is 4.12. The molecule has 0 aromatic heterocycles. The van der Waals surface area contributed by atoms with E-state index >= 15 is 0 Å². The summed E-state index contributed by atoms with van der Waals surface area (Å²) in [7, 11) is 0. The molecule has 0 atom stereocenters. The predicted molar refractivity (Wildman–Crippen MR) is 38.7 cm³/mol. The molecule has 9 heavy (non-hydrogen) atoms. The smallest absolute Gasteiger partial charge is 0.0522 e. The second-order valence-electron chi connectivity index (χ2n) is 2.55. The van der Waals surface area contributed by atoms with E-state index in [1.807, 2.05) is 0 Å². The van der Waals surface area contributed by atoms with Crippen molar-refractivity contribution >= 4 is 16.1 Å². The molecule has 0 spiro atoms. The molecule has 0 aromatic carbocycles. The van der Waals surface area contributed by atoms with Gasteiger partial charge in [-0.15, -0.1) is 4.48 Å². The normalized spacial score (nSPS) is 23.0. The SMILES string of the molecule is FN(Br)C1CCCCC1. The molecule has 1 saturated carbocycles. The maximum atomic E-state index is 12.3. The number of nitrogens with zero attached hydrogens (tertiary/aromatic N) is 1. The maximum Gasteiger partial charge on any atom is 0.0522 e. The van der Waals surface area contributed by atoms with Gasteiger partial charge in [-0.3, -0.25) is 0 Å². The van der Waals surface area contributed by atoms with Crippen molar-refractivity contribution in [3.63, 3.8) is 0 Å². The highest BCUT2D eigenvalue weighted by Gasteiger charge is 2.18. The summed E-state index contributed by atoms with van der Waals surface area (Å²) in [4.78, 5) is 0. The molecule has 1 rings (SSSR count). The van der Waals surface area contributed by atoms with Gasteiger partial charge in [0.25, 0.3) is 0 Å². The minimum absolute atomic E-state index is 0.138. The molecular formula is C6H11BrFN.